The molecule has 2 fully saturated rings. The molecule has 4 rings (SSSR count). The van der Waals surface area contributed by atoms with Gasteiger partial charge in [0.2, 0.25) is 0 Å². The summed E-state index contributed by atoms with van der Waals surface area (Å²) in [7, 11) is 0. The average molecular weight is 376 g/mol. The maximum Gasteiger partial charge on any atom is 0.253 e. The van der Waals surface area contributed by atoms with Crippen molar-refractivity contribution in [2.24, 2.45) is 0 Å². The third-order valence-corrected chi connectivity index (χ3v) is 6.81. The first kappa shape index (κ1) is 17.0. The Bertz CT molecular complexity index is 739. The summed E-state index contributed by atoms with van der Waals surface area (Å²) in [5.74, 6) is 1.01. The summed E-state index contributed by atoms with van der Waals surface area (Å²) in [4.78, 5) is 14.7. The standard InChI is InChI=1S/C19H22ClN3OS/c20-16-9-7-14(8-10-16)19(24)23-11-3-6-15(12-23)18-22-21-17(25-18)13-4-1-2-5-13/h7-10,13,15H,1-6,11-12H2. The molecule has 1 aromatic heterocycles. The maximum absolute atomic E-state index is 12.8. The van der Waals surface area contributed by atoms with E-state index >= 15 is 0 Å². The molecule has 1 aromatic carbocycles. The summed E-state index contributed by atoms with van der Waals surface area (Å²) < 4.78 is 0. The Morgan fingerprint density at radius 3 is 2.36 bits per heavy atom. The first-order chi connectivity index (χ1) is 12.2. The van der Waals surface area contributed by atoms with Gasteiger partial charge in [-0.15, -0.1) is 21.5 Å². The van der Waals surface area contributed by atoms with Crippen molar-refractivity contribution in [3.05, 3.63) is 44.9 Å². The van der Waals surface area contributed by atoms with E-state index in [0.717, 1.165) is 30.9 Å². The number of piperidine rings is 1. The predicted molar refractivity (Wildman–Crippen MR) is 100 cm³/mol. The number of aromatic nitrogens is 2. The summed E-state index contributed by atoms with van der Waals surface area (Å²) in [5, 5.41) is 11.9. The molecule has 4 nitrogen and oxygen atoms in total. The van der Waals surface area contributed by atoms with Gasteiger partial charge in [0, 0.05) is 35.5 Å². The van der Waals surface area contributed by atoms with Crippen LogP contribution < -0.4 is 0 Å². The number of benzene rings is 1. The molecule has 1 aliphatic heterocycles. The fraction of sp³-hybridized carbons (Fsp3) is 0.526. The number of carbonyl (C=O) groups is 1. The van der Waals surface area contributed by atoms with Crippen LogP contribution in [0.15, 0.2) is 24.3 Å². The van der Waals surface area contributed by atoms with Crippen molar-refractivity contribution in [1.29, 1.82) is 0 Å². The van der Waals surface area contributed by atoms with Gasteiger partial charge in [-0.05, 0) is 49.9 Å². The Morgan fingerprint density at radius 1 is 1.00 bits per heavy atom. The molecule has 0 N–H and O–H groups in total. The van der Waals surface area contributed by atoms with Gasteiger partial charge >= 0.3 is 0 Å². The predicted octanol–water partition coefficient (Wildman–Crippen LogP) is 4.87. The van der Waals surface area contributed by atoms with Crippen LogP contribution in [0.4, 0.5) is 0 Å². The van der Waals surface area contributed by atoms with Gasteiger partial charge in [-0.2, -0.15) is 0 Å². The third kappa shape index (κ3) is 3.72. The first-order valence-corrected chi connectivity index (χ1v) is 10.3. The molecule has 1 atom stereocenters. The minimum atomic E-state index is 0.0851. The Hall–Kier alpha value is -1.46. The van der Waals surface area contributed by atoms with Crippen LogP contribution in [-0.4, -0.2) is 34.1 Å². The quantitative estimate of drug-likeness (QED) is 0.768. The molecule has 1 amide bonds. The fourth-order valence-electron chi connectivity index (χ4n) is 3.89. The minimum absolute atomic E-state index is 0.0851. The molecular weight excluding hydrogens is 354 g/mol. The number of carbonyl (C=O) groups excluding carboxylic acids is 1. The molecule has 0 spiro atoms. The SMILES string of the molecule is O=C(c1ccc(Cl)cc1)N1CCCC(c2nnc(C3CCCC3)s2)C1. The Kier molecular flexibility index (Phi) is 5.04. The number of rotatable bonds is 3. The number of amides is 1. The average Bonchev–Trinajstić information content (AvgIpc) is 3.33. The number of hydrogen-bond donors (Lipinski definition) is 0. The van der Waals surface area contributed by atoms with Crippen molar-refractivity contribution in [3.8, 4) is 0 Å². The molecule has 1 unspecified atom stereocenters. The molecule has 132 valence electrons. The zero-order valence-corrected chi connectivity index (χ0v) is 15.7. The van der Waals surface area contributed by atoms with E-state index < -0.39 is 0 Å². The molecule has 2 heterocycles. The van der Waals surface area contributed by atoms with E-state index in [4.69, 9.17) is 11.6 Å². The van der Waals surface area contributed by atoms with Crippen molar-refractivity contribution in [1.82, 2.24) is 15.1 Å². The highest BCUT2D eigenvalue weighted by Gasteiger charge is 2.29. The van der Waals surface area contributed by atoms with Crippen LogP contribution in [0.1, 0.15) is 70.7 Å². The topological polar surface area (TPSA) is 46.1 Å². The molecule has 1 saturated carbocycles. The van der Waals surface area contributed by atoms with Gasteiger partial charge < -0.3 is 4.90 Å². The highest BCUT2D eigenvalue weighted by atomic mass is 35.5. The minimum Gasteiger partial charge on any atom is -0.338 e. The summed E-state index contributed by atoms with van der Waals surface area (Å²) in [6.45, 7) is 1.55. The number of likely N-dealkylation sites (tertiary alicyclic amines) is 1. The Balaban J connectivity index is 1.45. The zero-order valence-electron chi connectivity index (χ0n) is 14.2. The maximum atomic E-state index is 12.8. The van der Waals surface area contributed by atoms with Crippen LogP contribution in [0.5, 0.6) is 0 Å². The molecular formula is C19H22ClN3OS. The Labute approximate surface area is 157 Å². The van der Waals surface area contributed by atoms with Gasteiger partial charge in [0.25, 0.3) is 5.91 Å². The second-order valence-electron chi connectivity index (χ2n) is 7.06. The van der Waals surface area contributed by atoms with E-state index in [0.29, 0.717) is 22.4 Å². The second kappa shape index (κ2) is 7.42. The summed E-state index contributed by atoms with van der Waals surface area (Å²) in [5.41, 5.74) is 0.703. The lowest BCUT2D eigenvalue weighted by Gasteiger charge is -2.31. The van der Waals surface area contributed by atoms with Crippen molar-refractivity contribution in [2.75, 3.05) is 13.1 Å². The van der Waals surface area contributed by atoms with Gasteiger partial charge in [0.15, 0.2) is 0 Å². The summed E-state index contributed by atoms with van der Waals surface area (Å²) in [6.07, 6.45) is 7.23. The van der Waals surface area contributed by atoms with Crippen LogP contribution in [-0.2, 0) is 0 Å². The van der Waals surface area contributed by atoms with Crippen molar-refractivity contribution >= 4 is 28.8 Å². The van der Waals surface area contributed by atoms with Crippen LogP contribution in [0.25, 0.3) is 0 Å². The van der Waals surface area contributed by atoms with E-state index in [-0.39, 0.29) is 5.91 Å². The van der Waals surface area contributed by atoms with E-state index in [2.05, 4.69) is 10.2 Å². The highest BCUT2D eigenvalue weighted by molar-refractivity contribution is 7.11. The Morgan fingerprint density at radius 2 is 1.64 bits per heavy atom. The monoisotopic (exact) mass is 375 g/mol. The molecule has 25 heavy (non-hydrogen) atoms. The normalized spacial score (nSPS) is 21.6. The van der Waals surface area contributed by atoms with Crippen molar-refractivity contribution in [2.45, 2.75) is 50.4 Å². The summed E-state index contributed by atoms with van der Waals surface area (Å²) >= 11 is 7.69. The zero-order chi connectivity index (χ0) is 17.2. The lowest BCUT2D eigenvalue weighted by atomic mass is 9.98. The van der Waals surface area contributed by atoms with Crippen LogP contribution in [0.2, 0.25) is 5.02 Å². The second-order valence-corrected chi connectivity index (χ2v) is 8.53. The molecule has 1 saturated heterocycles. The first-order valence-electron chi connectivity index (χ1n) is 9.09. The lowest BCUT2D eigenvalue weighted by Crippen LogP contribution is -2.39. The highest BCUT2D eigenvalue weighted by Crippen LogP contribution is 2.38. The van der Waals surface area contributed by atoms with Gasteiger partial charge in [0.1, 0.15) is 10.0 Å². The van der Waals surface area contributed by atoms with Crippen LogP contribution in [0.3, 0.4) is 0 Å². The van der Waals surface area contributed by atoms with E-state index in [1.165, 1.54) is 30.7 Å². The largest absolute Gasteiger partial charge is 0.338 e. The van der Waals surface area contributed by atoms with Gasteiger partial charge in [-0.25, -0.2) is 0 Å². The molecule has 0 bridgehead atoms. The van der Waals surface area contributed by atoms with E-state index in [1.54, 1.807) is 35.6 Å². The molecule has 0 radical (unpaired) electrons. The van der Waals surface area contributed by atoms with E-state index in [1.807, 2.05) is 4.90 Å². The smallest absolute Gasteiger partial charge is 0.253 e. The number of hydrogen-bond acceptors (Lipinski definition) is 4. The third-order valence-electron chi connectivity index (χ3n) is 5.31. The molecule has 2 aromatic rings. The molecule has 1 aliphatic carbocycles. The number of nitrogens with zero attached hydrogens (tertiary/aromatic N) is 3. The van der Waals surface area contributed by atoms with Gasteiger partial charge in [-0.1, -0.05) is 24.4 Å². The lowest BCUT2D eigenvalue weighted by molar-refractivity contribution is 0.0707. The van der Waals surface area contributed by atoms with Crippen LogP contribution >= 0.6 is 22.9 Å². The van der Waals surface area contributed by atoms with Gasteiger partial charge in [0.05, 0.1) is 0 Å². The van der Waals surface area contributed by atoms with Crippen molar-refractivity contribution in [3.63, 3.8) is 0 Å². The molecule has 6 heteroatoms. The van der Waals surface area contributed by atoms with Crippen molar-refractivity contribution < 1.29 is 4.79 Å². The molecule has 2 aliphatic rings. The van der Waals surface area contributed by atoms with Crippen LogP contribution in [0, 0.1) is 0 Å². The summed E-state index contributed by atoms with van der Waals surface area (Å²) in [6, 6.07) is 7.15. The van der Waals surface area contributed by atoms with Gasteiger partial charge in [-0.3, -0.25) is 4.79 Å². The van der Waals surface area contributed by atoms with E-state index in [9.17, 15) is 4.79 Å². The fourth-order valence-corrected chi connectivity index (χ4v) is 5.15. The number of halogens is 1.